The van der Waals surface area contributed by atoms with Gasteiger partial charge in [0.15, 0.2) is 0 Å². The normalized spacial score (nSPS) is 16.5. The maximum atomic E-state index is 12.2. The number of carbonyl (C=O) groups excluding carboxylic acids is 1. The van der Waals surface area contributed by atoms with Crippen LogP contribution in [0.4, 0.5) is 0 Å². The van der Waals surface area contributed by atoms with Crippen LogP contribution in [-0.4, -0.2) is 30.5 Å². The van der Waals surface area contributed by atoms with Crippen molar-refractivity contribution in [3.05, 3.63) is 64.0 Å². The number of rotatable bonds is 6. The molecule has 1 saturated heterocycles. The number of nitrogens with zero attached hydrogens (tertiary/aromatic N) is 4. The number of ether oxygens (including phenoxy) is 1. The van der Waals surface area contributed by atoms with Crippen molar-refractivity contribution in [1.29, 1.82) is 0 Å². The Bertz CT molecular complexity index is 859. The number of benzene rings is 2. The highest BCUT2D eigenvalue weighted by atomic mass is 16.5. The Morgan fingerprint density at radius 1 is 1.31 bits per heavy atom. The van der Waals surface area contributed by atoms with Crippen LogP contribution in [0.5, 0.6) is 5.75 Å². The molecule has 1 amide bonds. The fourth-order valence-electron chi connectivity index (χ4n) is 3.42. The minimum absolute atomic E-state index is 0.0251. The number of hydrogen-bond donors (Lipinski definition) is 0. The topological polar surface area (TPSA) is 78.3 Å². The minimum Gasteiger partial charge on any atom is -0.496 e. The smallest absolute Gasteiger partial charge is 0.223 e. The molecule has 1 fully saturated rings. The number of methoxy groups -OCH3 is 1. The molecule has 0 aromatic heterocycles. The van der Waals surface area contributed by atoms with Crippen molar-refractivity contribution >= 4 is 5.91 Å². The summed E-state index contributed by atoms with van der Waals surface area (Å²) in [5.41, 5.74) is 12.9. The van der Waals surface area contributed by atoms with Crippen molar-refractivity contribution < 1.29 is 9.53 Å². The van der Waals surface area contributed by atoms with Crippen molar-refractivity contribution in [2.45, 2.75) is 32.4 Å². The second kappa shape index (κ2) is 7.93. The van der Waals surface area contributed by atoms with Crippen LogP contribution in [0.15, 0.2) is 47.6 Å². The van der Waals surface area contributed by atoms with Gasteiger partial charge in [0, 0.05) is 36.0 Å². The van der Waals surface area contributed by atoms with E-state index in [1.54, 1.807) is 7.11 Å². The lowest BCUT2D eigenvalue weighted by atomic mass is 10.00. The van der Waals surface area contributed by atoms with Gasteiger partial charge >= 0.3 is 0 Å². The Morgan fingerprint density at radius 3 is 2.88 bits per heavy atom. The van der Waals surface area contributed by atoms with Crippen molar-refractivity contribution in [3.63, 3.8) is 0 Å². The fraction of sp³-hybridized carbons (Fsp3) is 0.350. The van der Waals surface area contributed by atoms with Crippen LogP contribution in [0.1, 0.15) is 24.0 Å². The summed E-state index contributed by atoms with van der Waals surface area (Å²) in [4.78, 5) is 16.9. The van der Waals surface area contributed by atoms with E-state index in [2.05, 4.69) is 41.2 Å². The molecule has 134 valence electrons. The van der Waals surface area contributed by atoms with Crippen LogP contribution in [0.2, 0.25) is 0 Å². The Balaban J connectivity index is 1.90. The third kappa shape index (κ3) is 3.81. The molecule has 2 aromatic carbocycles. The highest BCUT2D eigenvalue weighted by Crippen LogP contribution is 2.32. The summed E-state index contributed by atoms with van der Waals surface area (Å²) in [6.45, 7) is 2.89. The lowest BCUT2D eigenvalue weighted by Crippen LogP contribution is -2.34. The maximum absolute atomic E-state index is 12.2. The molecule has 0 aliphatic carbocycles. The predicted molar refractivity (Wildman–Crippen MR) is 101 cm³/mol. The van der Waals surface area contributed by atoms with Gasteiger partial charge in [0.25, 0.3) is 0 Å². The third-order valence-electron chi connectivity index (χ3n) is 4.75. The lowest BCUT2D eigenvalue weighted by Gasteiger charge is -2.24. The van der Waals surface area contributed by atoms with E-state index < -0.39 is 0 Å². The standard InChI is InChI=1S/C20H22N4O2/c1-14-4-3-5-16(10-14)18-11-15(6-8-19(18)26-2)13-24-17(12-22-23-21)7-9-20(24)25/h3-6,8,10-11,17H,7,9,12-13H2,1-2H3/t17-/m1/s1. The quantitative estimate of drug-likeness (QED) is 0.438. The summed E-state index contributed by atoms with van der Waals surface area (Å²) in [6, 6.07) is 14.2. The van der Waals surface area contributed by atoms with Gasteiger partial charge in [0.1, 0.15) is 5.75 Å². The summed E-state index contributed by atoms with van der Waals surface area (Å²) < 4.78 is 5.52. The zero-order chi connectivity index (χ0) is 18.5. The lowest BCUT2D eigenvalue weighted by molar-refractivity contribution is -0.129. The third-order valence-corrected chi connectivity index (χ3v) is 4.75. The number of amides is 1. The molecule has 2 aromatic rings. The SMILES string of the molecule is COc1ccc(CN2C(=O)CC[C@@H]2CN=[N+]=[N-])cc1-c1cccc(C)c1. The fourth-order valence-corrected chi connectivity index (χ4v) is 3.42. The molecule has 0 N–H and O–H groups in total. The van der Waals surface area contributed by atoms with Gasteiger partial charge in [-0.3, -0.25) is 4.79 Å². The highest BCUT2D eigenvalue weighted by molar-refractivity contribution is 5.79. The van der Waals surface area contributed by atoms with Gasteiger partial charge in [-0.05, 0) is 42.1 Å². The second-order valence-corrected chi connectivity index (χ2v) is 6.53. The largest absolute Gasteiger partial charge is 0.496 e. The van der Waals surface area contributed by atoms with Crippen LogP contribution in [0.3, 0.4) is 0 Å². The van der Waals surface area contributed by atoms with Gasteiger partial charge < -0.3 is 9.64 Å². The first kappa shape index (κ1) is 17.8. The monoisotopic (exact) mass is 350 g/mol. The first-order valence-corrected chi connectivity index (χ1v) is 8.66. The van der Waals surface area contributed by atoms with E-state index in [0.29, 0.717) is 19.5 Å². The molecule has 0 spiro atoms. The molecule has 0 radical (unpaired) electrons. The van der Waals surface area contributed by atoms with Crippen LogP contribution in [0.25, 0.3) is 21.6 Å². The molecule has 6 heteroatoms. The number of hydrogen-bond acceptors (Lipinski definition) is 3. The molecule has 1 heterocycles. The molecule has 26 heavy (non-hydrogen) atoms. The van der Waals surface area contributed by atoms with Crippen LogP contribution < -0.4 is 4.74 Å². The minimum atomic E-state index is -0.0251. The zero-order valence-corrected chi connectivity index (χ0v) is 15.1. The van der Waals surface area contributed by atoms with Crippen LogP contribution in [-0.2, 0) is 11.3 Å². The molecule has 6 nitrogen and oxygen atoms in total. The van der Waals surface area contributed by atoms with Crippen molar-refractivity contribution in [2.75, 3.05) is 13.7 Å². The number of likely N-dealkylation sites (tertiary alicyclic amines) is 1. The van der Waals surface area contributed by atoms with Crippen molar-refractivity contribution in [3.8, 4) is 16.9 Å². The molecule has 1 aliphatic rings. The predicted octanol–water partition coefficient (Wildman–Crippen LogP) is 4.47. The number of aryl methyl sites for hydroxylation is 1. The summed E-state index contributed by atoms with van der Waals surface area (Å²) in [5.74, 6) is 0.911. The molecular formula is C20H22N4O2. The van der Waals surface area contributed by atoms with Gasteiger partial charge in [-0.15, -0.1) is 0 Å². The van der Waals surface area contributed by atoms with Crippen molar-refractivity contribution in [1.82, 2.24) is 4.90 Å². The van der Waals surface area contributed by atoms with Crippen molar-refractivity contribution in [2.24, 2.45) is 5.11 Å². The molecule has 1 atom stereocenters. The van der Waals surface area contributed by atoms with E-state index in [1.807, 2.05) is 23.1 Å². The summed E-state index contributed by atoms with van der Waals surface area (Å²) in [7, 11) is 1.66. The first-order valence-electron chi connectivity index (χ1n) is 8.66. The number of azide groups is 1. The van der Waals surface area contributed by atoms with E-state index in [9.17, 15) is 4.79 Å². The molecule has 0 saturated carbocycles. The van der Waals surface area contributed by atoms with Gasteiger partial charge in [0.05, 0.1) is 7.11 Å². The van der Waals surface area contributed by atoms with E-state index >= 15 is 0 Å². The highest BCUT2D eigenvalue weighted by Gasteiger charge is 2.30. The van der Waals surface area contributed by atoms with E-state index in [1.165, 1.54) is 5.56 Å². The maximum Gasteiger partial charge on any atom is 0.223 e. The van der Waals surface area contributed by atoms with E-state index in [-0.39, 0.29) is 11.9 Å². The Morgan fingerprint density at radius 2 is 2.15 bits per heavy atom. The molecule has 1 aliphatic heterocycles. The van der Waals surface area contributed by atoms with E-state index in [4.69, 9.17) is 10.3 Å². The summed E-state index contributed by atoms with van der Waals surface area (Å²) in [5, 5.41) is 3.65. The molecule has 0 unspecified atom stereocenters. The van der Waals surface area contributed by atoms with Crippen LogP contribution >= 0.6 is 0 Å². The second-order valence-electron chi connectivity index (χ2n) is 6.53. The molecule has 3 rings (SSSR count). The zero-order valence-electron chi connectivity index (χ0n) is 15.1. The molecule has 0 bridgehead atoms. The average Bonchev–Trinajstić information content (AvgIpc) is 2.99. The van der Waals surface area contributed by atoms with Gasteiger partial charge in [-0.25, -0.2) is 0 Å². The van der Waals surface area contributed by atoms with Gasteiger partial charge in [-0.2, -0.15) is 0 Å². The first-order chi connectivity index (χ1) is 12.6. The van der Waals surface area contributed by atoms with Gasteiger partial charge in [0.2, 0.25) is 5.91 Å². The number of carbonyl (C=O) groups is 1. The Labute approximate surface area is 153 Å². The Kier molecular flexibility index (Phi) is 5.44. The van der Waals surface area contributed by atoms with E-state index in [0.717, 1.165) is 28.9 Å². The average molecular weight is 350 g/mol. The van der Waals surface area contributed by atoms with Crippen LogP contribution in [0, 0.1) is 6.92 Å². The molecular weight excluding hydrogens is 328 g/mol. The summed E-state index contributed by atoms with van der Waals surface area (Å²) >= 11 is 0. The summed E-state index contributed by atoms with van der Waals surface area (Å²) in [6.07, 6.45) is 1.24. The van der Waals surface area contributed by atoms with Gasteiger partial charge in [-0.1, -0.05) is 41.0 Å². The Hall–Kier alpha value is -2.98.